The smallest absolute Gasteiger partial charge is 0.147 e. The van der Waals surface area contributed by atoms with Gasteiger partial charge in [-0.25, -0.2) is 0 Å². The number of Topliss-reactive ketones (excluding diaryl/α,β-unsaturated/α-hetero) is 1. The van der Waals surface area contributed by atoms with Crippen LogP contribution in [0.2, 0.25) is 0 Å². The van der Waals surface area contributed by atoms with E-state index in [1.54, 1.807) is 6.07 Å². The van der Waals surface area contributed by atoms with Gasteiger partial charge in [-0.2, -0.15) is 0 Å². The van der Waals surface area contributed by atoms with Crippen LogP contribution in [0.5, 0.6) is 0 Å². The van der Waals surface area contributed by atoms with Crippen LogP contribution in [0.3, 0.4) is 0 Å². The van der Waals surface area contributed by atoms with E-state index < -0.39 is 0 Å². The molecule has 0 bridgehead atoms. The number of benzene rings is 1. The molecule has 4 heteroatoms. The first kappa shape index (κ1) is 10.7. The van der Waals surface area contributed by atoms with Crippen LogP contribution in [0, 0.1) is 0 Å². The van der Waals surface area contributed by atoms with E-state index in [-0.39, 0.29) is 5.78 Å². The maximum Gasteiger partial charge on any atom is 0.147 e. The summed E-state index contributed by atoms with van der Waals surface area (Å²) in [6.07, 6.45) is 0.374. The van der Waals surface area contributed by atoms with Gasteiger partial charge in [-0.05, 0) is 17.7 Å². The molecule has 0 saturated carbocycles. The van der Waals surface area contributed by atoms with E-state index in [2.05, 4.69) is 31.9 Å². The first-order chi connectivity index (χ1) is 6.15. The van der Waals surface area contributed by atoms with Crippen molar-refractivity contribution in [3.8, 4) is 0 Å². The highest BCUT2D eigenvalue weighted by molar-refractivity contribution is 9.10. The van der Waals surface area contributed by atoms with Crippen LogP contribution in [-0.2, 0) is 11.2 Å². The molecule has 2 nitrogen and oxygen atoms in total. The van der Waals surface area contributed by atoms with Crippen molar-refractivity contribution in [3.05, 3.63) is 28.2 Å². The Balaban J connectivity index is 2.93. The monoisotopic (exact) mass is 305 g/mol. The van der Waals surface area contributed by atoms with Crippen LogP contribution in [-0.4, -0.2) is 11.1 Å². The van der Waals surface area contributed by atoms with Gasteiger partial charge in [0.1, 0.15) is 5.78 Å². The minimum atomic E-state index is 0.124. The van der Waals surface area contributed by atoms with Gasteiger partial charge in [0.05, 0.1) is 5.33 Å². The summed E-state index contributed by atoms with van der Waals surface area (Å²) in [5.41, 5.74) is 7.25. The Labute approximate surface area is 93.8 Å². The lowest BCUT2D eigenvalue weighted by Gasteiger charge is -2.05. The number of halogens is 2. The Morgan fingerprint density at radius 2 is 2.15 bits per heavy atom. The summed E-state index contributed by atoms with van der Waals surface area (Å²) in [4.78, 5) is 11.2. The van der Waals surface area contributed by atoms with Crippen LogP contribution >= 0.6 is 31.9 Å². The number of rotatable bonds is 3. The molecular weight excluding hydrogens is 298 g/mol. The fourth-order valence-corrected chi connectivity index (χ4v) is 1.73. The summed E-state index contributed by atoms with van der Waals surface area (Å²) < 4.78 is 0.891. The average Bonchev–Trinajstić information content (AvgIpc) is 2.11. The minimum absolute atomic E-state index is 0.124. The van der Waals surface area contributed by atoms with Crippen LogP contribution in [0.1, 0.15) is 5.56 Å². The van der Waals surface area contributed by atoms with Gasteiger partial charge in [0.25, 0.3) is 0 Å². The third-order valence-electron chi connectivity index (χ3n) is 1.68. The molecule has 0 radical (unpaired) electrons. The van der Waals surface area contributed by atoms with Crippen molar-refractivity contribution in [2.24, 2.45) is 0 Å². The third kappa shape index (κ3) is 2.81. The molecule has 0 fully saturated rings. The Kier molecular flexibility index (Phi) is 3.93. The zero-order valence-electron chi connectivity index (χ0n) is 6.89. The van der Waals surface area contributed by atoms with Gasteiger partial charge in [-0.3, -0.25) is 4.79 Å². The van der Waals surface area contributed by atoms with Gasteiger partial charge in [0, 0.05) is 16.6 Å². The number of carbonyl (C=O) groups excluding carboxylic acids is 1. The summed E-state index contributed by atoms with van der Waals surface area (Å²) in [7, 11) is 0. The fourth-order valence-electron chi connectivity index (χ4n) is 1.01. The molecule has 13 heavy (non-hydrogen) atoms. The Bertz CT molecular complexity index is 305. The molecular formula is C9H9Br2NO. The zero-order chi connectivity index (χ0) is 9.84. The molecule has 0 heterocycles. The zero-order valence-corrected chi connectivity index (χ0v) is 10.1. The number of anilines is 1. The summed E-state index contributed by atoms with van der Waals surface area (Å²) in [5, 5.41) is 0.369. The molecule has 1 aromatic rings. The molecule has 0 atom stereocenters. The summed E-state index contributed by atoms with van der Waals surface area (Å²) in [5.74, 6) is 0.124. The summed E-state index contributed by atoms with van der Waals surface area (Å²) in [6.45, 7) is 0. The number of hydrogen-bond donors (Lipinski definition) is 1. The summed E-state index contributed by atoms with van der Waals surface area (Å²) >= 11 is 6.47. The van der Waals surface area contributed by atoms with E-state index in [1.807, 2.05) is 12.1 Å². The molecule has 1 rings (SSSR count). The second-order valence-electron chi connectivity index (χ2n) is 2.66. The molecule has 1 aromatic carbocycles. The highest BCUT2D eigenvalue weighted by Crippen LogP contribution is 2.23. The van der Waals surface area contributed by atoms with Crippen molar-refractivity contribution < 1.29 is 4.79 Å². The van der Waals surface area contributed by atoms with Crippen molar-refractivity contribution in [2.75, 3.05) is 11.1 Å². The number of hydrogen-bond acceptors (Lipinski definition) is 2. The molecule has 0 saturated heterocycles. The van der Waals surface area contributed by atoms with Crippen LogP contribution in [0.15, 0.2) is 22.7 Å². The summed E-state index contributed by atoms with van der Waals surface area (Å²) in [6, 6.07) is 5.52. The van der Waals surface area contributed by atoms with Gasteiger partial charge in [0.15, 0.2) is 0 Å². The normalized spacial score (nSPS) is 10.0. The molecule has 2 N–H and O–H groups in total. The highest BCUT2D eigenvalue weighted by Gasteiger charge is 2.08. The molecule has 0 aliphatic rings. The third-order valence-corrected chi connectivity index (χ3v) is 3.05. The molecule has 0 aromatic heterocycles. The largest absolute Gasteiger partial charge is 0.398 e. The molecule has 70 valence electrons. The molecule has 0 spiro atoms. The topological polar surface area (TPSA) is 43.1 Å². The van der Waals surface area contributed by atoms with Crippen LogP contribution < -0.4 is 5.73 Å². The predicted molar refractivity (Wildman–Crippen MR) is 61.1 cm³/mol. The van der Waals surface area contributed by atoms with E-state index in [0.29, 0.717) is 17.4 Å². The Morgan fingerprint density at radius 1 is 1.46 bits per heavy atom. The quantitative estimate of drug-likeness (QED) is 0.689. The van der Waals surface area contributed by atoms with Gasteiger partial charge in [-0.15, -0.1) is 0 Å². The molecule has 0 amide bonds. The van der Waals surface area contributed by atoms with Gasteiger partial charge in [0.2, 0.25) is 0 Å². The number of carbonyl (C=O) groups is 1. The van der Waals surface area contributed by atoms with E-state index in [0.717, 1.165) is 10.0 Å². The minimum Gasteiger partial charge on any atom is -0.398 e. The second-order valence-corrected chi connectivity index (χ2v) is 4.07. The Hall–Kier alpha value is -0.350. The van der Waals surface area contributed by atoms with Crippen LogP contribution in [0.4, 0.5) is 5.69 Å². The van der Waals surface area contributed by atoms with Crippen molar-refractivity contribution in [3.63, 3.8) is 0 Å². The average molecular weight is 307 g/mol. The van der Waals surface area contributed by atoms with Crippen molar-refractivity contribution in [2.45, 2.75) is 6.42 Å². The van der Waals surface area contributed by atoms with Gasteiger partial charge >= 0.3 is 0 Å². The standard InChI is InChI=1S/C9H9Br2NO/c10-5-6(13)4-7-8(11)2-1-3-9(7)12/h1-3H,4-5,12H2. The predicted octanol–water partition coefficient (Wildman–Crippen LogP) is 2.54. The van der Waals surface area contributed by atoms with E-state index in [4.69, 9.17) is 5.73 Å². The van der Waals surface area contributed by atoms with Crippen molar-refractivity contribution >= 4 is 43.3 Å². The number of nitrogen functional groups attached to an aromatic ring is 1. The van der Waals surface area contributed by atoms with Gasteiger partial charge < -0.3 is 5.73 Å². The highest BCUT2D eigenvalue weighted by atomic mass is 79.9. The molecule has 0 aliphatic carbocycles. The van der Waals surface area contributed by atoms with E-state index in [1.165, 1.54) is 0 Å². The lowest BCUT2D eigenvalue weighted by molar-refractivity contribution is -0.115. The van der Waals surface area contributed by atoms with Crippen molar-refractivity contribution in [1.82, 2.24) is 0 Å². The maximum atomic E-state index is 11.2. The lowest BCUT2D eigenvalue weighted by Crippen LogP contribution is -2.06. The van der Waals surface area contributed by atoms with Gasteiger partial charge in [-0.1, -0.05) is 37.9 Å². The Morgan fingerprint density at radius 3 is 2.69 bits per heavy atom. The molecule has 0 aliphatic heterocycles. The first-order valence-corrected chi connectivity index (χ1v) is 5.67. The fraction of sp³-hybridized carbons (Fsp3) is 0.222. The van der Waals surface area contributed by atoms with Crippen molar-refractivity contribution in [1.29, 1.82) is 0 Å². The lowest BCUT2D eigenvalue weighted by atomic mass is 10.1. The second kappa shape index (κ2) is 4.77. The SMILES string of the molecule is Nc1cccc(Br)c1CC(=O)CBr. The number of nitrogens with two attached hydrogens (primary N) is 1. The van der Waals surface area contributed by atoms with Crippen LogP contribution in [0.25, 0.3) is 0 Å². The molecule has 0 unspecified atom stereocenters. The van der Waals surface area contributed by atoms with E-state index in [9.17, 15) is 4.79 Å². The number of ketones is 1. The van der Waals surface area contributed by atoms with E-state index >= 15 is 0 Å². The maximum absolute atomic E-state index is 11.2. The first-order valence-electron chi connectivity index (χ1n) is 3.75. The number of alkyl halides is 1.